The number of ether oxygens (including phenoxy) is 3. The SMILES string of the molecule is Cc1cccc(OC(C)C(=O)Nc2ccc(Oc3ccc4c(c3)C(=O)N(CC3CCCO3)C4=O)cc2)c1. The van der Waals surface area contributed by atoms with Crippen LogP contribution in [0, 0.1) is 6.92 Å². The summed E-state index contributed by atoms with van der Waals surface area (Å²) in [5.41, 5.74) is 2.34. The van der Waals surface area contributed by atoms with Gasteiger partial charge in [0, 0.05) is 12.3 Å². The maximum absolute atomic E-state index is 12.9. The first kappa shape index (κ1) is 24.5. The van der Waals surface area contributed by atoms with Gasteiger partial charge in [0.1, 0.15) is 17.2 Å². The van der Waals surface area contributed by atoms with E-state index in [0.29, 0.717) is 40.7 Å². The minimum atomic E-state index is -0.677. The normalized spacial score (nSPS) is 17.5. The van der Waals surface area contributed by atoms with Crippen molar-refractivity contribution in [1.29, 1.82) is 0 Å². The van der Waals surface area contributed by atoms with Gasteiger partial charge >= 0.3 is 0 Å². The van der Waals surface area contributed by atoms with E-state index in [1.807, 2.05) is 31.2 Å². The zero-order chi connectivity index (χ0) is 25.9. The molecule has 3 aromatic carbocycles. The van der Waals surface area contributed by atoms with Gasteiger partial charge in [0.2, 0.25) is 0 Å². The molecule has 0 aliphatic carbocycles. The Morgan fingerprint density at radius 1 is 1.00 bits per heavy atom. The molecule has 37 heavy (non-hydrogen) atoms. The first-order valence-electron chi connectivity index (χ1n) is 12.3. The monoisotopic (exact) mass is 500 g/mol. The average molecular weight is 501 g/mol. The molecule has 0 saturated carbocycles. The Labute approximate surface area is 215 Å². The van der Waals surface area contributed by atoms with Crippen LogP contribution in [0.3, 0.4) is 0 Å². The summed E-state index contributed by atoms with van der Waals surface area (Å²) in [5, 5.41) is 2.83. The first-order chi connectivity index (χ1) is 17.9. The summed E-state index contributed by atoms with van der Waals surface area (Å²) in [6, 6.07) is 19.3. The van der Waals surface area contributed by atoms with Crippen LogP contribution in [0.5, 0.6) is 17.2 Å². The summed E-state index contributed by atoms with van der Waals surface area (Å²) in [7, 11) is 0. The van der Waals surface area contributed by atoms with Crippen molar-refractivity contribution in [2.75, 3.05) is 18.5 Å². The molecule has 0 aromatic heterocycles. The molecule has 8 heteroatoms. The van der Waals surface area contributed by atoms with E-state index < -0.39 is 6.10 Å². The van der Waals surface area contributed by atoms with Crippen LogP contribution >= 0.6 is 0 Å². The number of hydrogen-bond donors (Lipinski definition) is 1. The van der Waals surface area contributed by atoms with Crippen molar-refractivity contribution in [3.63, 3.8) is 0 Å². The molecule has 2 aliphatic heterocycles. The number of imide groups is 1. The maximum Gasteiger partial charge on any atom is 0.265 e. The molecule has 0 radical (unpaired) electrons. The topological polar surface area (TPSA) is 94.2 Å². The smallest absolute Gasteiger partial charge is 0.265 e. The minimum Gasteiger partial charge on any atom is -0.481 e. The summed E-state index contributed by atoms with van der Waals surface area (Å²) in [4.78, 5) is 39.4. The van der Waals surface area contributed by atoms with E-state index in [2.05, 4.69) is 5.32 Å². The third-order valence-electron chi connectivity index (χ3n) is 6.38. The van der Waals surface area contributed by atoms with Crippen molar-refractivity contribution in [2.24, 2.45) is 0 Å². The Hall–Kier alpha value is -4.17. The lowest BCUT2D eigenvalue weighted by molar-refractivity contribution is -0.122. The Balaban J connectivity index is 1.19. The fraction of sp³-hybridized carbons (Fsp3) is 0.276. The van der Waals surface area contributed by atoms with Gasteiger partial charge in [-0.3, -0.25) is 19.3 Å². The second-order valence-electron chi connectivity index (χ2n) is 9.26. The van der Waals surface area contributed by atoms with E-state index in [9.17, 15) is 14.4 Å². The lowest BCUT2D eigenvalue weighted by atomic mass is 10.1. The molecule has 3 amide bonds. The molecule has 2 unspecified atom stereocenters. The highest BCUT2D eigenvalue weighted by atomic mass is 16.5. The third kappa shape index (κ3) is 5.49. The number of nitrogens with one attached hydrogen (secondary N) is 1. The summed E-state index contributed by atoms with van der Waals surface area (Å²) in [6.07, 6.45) is 1.00. The molecule has 2 aliphatic rings. The van der Waals surface area contributed by atoms with Crippen LogP contribution in [0.2, 0.25) is 0 Å². The van der Waals surface area contributed by atoms with Gasteiger partial charge in [0.15, 0.2) is 6.10 Å². The van der Waals surface area contributed by atoms with Gasteiger partial charge in [-0.05, 0) is 86.8 Å². The zero-order valence-corrected chi connectivity index (χ0v) is 20.7. The maximum atomic E-state index is 12.9. The van der Waals surface area contributed by atoms with E-state index in [1.165, 1.54) is 4.90 Å². The summed E-state index contributed by atoms with van der Waals surface area (Å²) in [6.45, 7) is 4.58. The molecule has 1 saturated heterocycles. The van der Waals surface area contributed by atoms with Gasteiger partial charge in [0.05, 0.1) is 23.8 Å². The quantitative estimate of drug-likeness (QED) is 0.439. The van der Waals surface area contributed by atoms with Gasteiger partial charge in [-0.1, -0.05) is 12.1 Å². The fourth-order valence-electron chi connectivity index (χ4n) is 4.42. The molecule has 3 aromatic rings. The third-order valence-corrected chi connectivity index (χ3v) is 6.38. The molecule has 0 spiro atoms. The largest absolute Gasteiger partial charge is 0.481 e. The lowest BCUT2D eigenvalue weighted by Crippen LogP contribution is -2.36. The van der Waals surface area contributed by atoms with E-state index in [1.54, 1.807) is 49.4 Å². The molecule has 0 bridgehead atoms. The fourth-order valence-corrected chi connectivity index (χ4v) is 4.42. The molecular weight excluding hydrogens is 472 g/mol. The average Bonchev–Trinajstić information content (AvgIpc) is 3.48. The molecule has 2 atom stereocenters. The van der Waals surface area contributed by atoms with E-state index in [0.717, 1.165) is 18.4 Å². The second-order valence-corrected chi connectivity index (χ2v) is 9.26. The Bertz CT molecular complexity index is 1330. The zero-order valence-electron chi connectivity index (χ0n) is 20.7. The minimum absolute atomic E-state index is 0.103. The van der Waals surface area contributed by atoms with Gasteiger partial charge in [0.25, 0.3) is 17.7 Å². The number of benzene rings is 3. The molecule has 1 fully saturated rings. The number of amides is 3. The van der Waals surface area contributed by atoms with Crippen molar-refractivity contribution in [3.8, 4) is 17.2 Å². The number of nitrogens with zero attached hydrogens (tertiary/aromatic N) is 1. The molecule has 1 N–H and O–H groups in total. The van der Waals surface area contributed by atoms with Gasteiger partial charge < -0.3 is 19.5 Å². The van der Waals surface area contributed by atoms with E-state index in [-0.39, 0.29) is 30.4 Å². The number of fused-ring (bicyclic) bond motifs is 1. The molecule has 2 heterocycles. The van der Waals surface area contributed by atoms with Crippen molar-refractivity contribution >= 4 is 23.4 Å². The highest BCUT2D eigenvalue weighted by molar-refractivity contribution is 6.21. The van der Waals surface area contributed by atoms with Crippen molar-refractivity contribution in [3.05, 3.63) is 83.4 Å². The van der Waals surface area contributed by atoms with Crippen LogP contribution in [-0.2, 0) is 9.53 Å². The van der Waals surface area contributed by atoms with Crippen LogP contribution in [-0.4, -0.2) is 48.0 Å². The number of rotatable bonds is 8. The highest BCUT2D eigenvalue weighted by Gasteiger charge is 2.37. The Morgan fingerprint density at radius 2 is 1.76 bits per heavy atom. The van der Waals surface area contributed by atoms with Gasteiger partial charge in [-0.2, -0.15) is 0 Å². The lowest BCUT2D eigenvalue weighted by Gasteiger charge is -2.17. The number of aryl methyl sites for hydroxylation is 1. The van der Waals surface area contributed by atoms with Gasteiger partial charge in [-0.15, -0.1) is 0 Å². The van der Waals surface area contributed by atoms with Crippen LogP contribution in [0.4, 0.5) is 5.69 Å². The Morgan fingerprint density at radius 3 is 2.49 bits per heavy atom. The summed E-state index contributed by atoms with van der Waals surface area (Å²) >= 11 is 0. The molecule has 5 rings (SSSR count). The van der Waals surface area contributed by atoms with E-state index >= 15 is 0 Å². The molecular formula is C29H28N2O6. The summed E-state index contributed by atoms with van der Waals surface area (Å²) in [5.74, 6) is 0.690. The Kier molecular flexibility index (Phi) is 6.92. The number of carbonyl (C=O) groups excluding carboxylic acids is 3. The van der Waals surface area contributed by atoms with Gasteiger partial charge in [-0.25, -0.2) is 0 Å². The van der Waals surface area contributed by atoms with Crippen molar-refractivity contribution in [2.45, 2.75) is 38.9 Å². The first-order valence-corrected chi connectivity index (χ1v) is 12.3. The number of hydrogen-bond acceptors (Lipinski definition) is 6. The van der Waals surface area contributed by atoms with Crippen molar-refractivity contribution < 1.29 is 28.6 Å². The van der Waals surface area contributed by atoms with E-state index in [4.69, 9.17) is 14.2 Å². The van der Waals surface area contributed by atoms with Crippen molar-refractivity contribution in [1.82, 2.24) is 4.90 Å². The predicted molar refractivity (Wildman–Crippen MR) is 137 cm³/mol. The van der Waals surface area contributed by atoms with Crippen LogP contribution in [0.15, 0.2) is 66.7 Å². The molecule has 8 nitrogen and oxygen atoms in total. The summed E-state index contributed by atoms with van der Waals surface area (Å²) < 4.78 is 17.2. The number of carbonyl (C=O) groups is 3. The standard InChI is InChI=1S/C29H28N2O6/c1-18-5-3-6-22(15-18)36-19(2)27(32)30-20-8-10-21(11-9-20)37-23-12-13-25-26(16-23)29(34)31(28(25)33)17-24-7-4-14-35-24/h3,5-6,8-13,15-16,19,24H,4,7,14,17H2,1-2H3,(H,30,32). The molecule has 190 valence electrons. The number of anilines is 1. The van der Waals surface area contributed by atoms with Crippen LogP contribution in [0.1, 0.15) is 46.0 Å². The highest BCUT2D eigenvalue weighted by Crippen LogP contribution is 2.31. The predicted octanol–water partition coefficient (Wildman–Crippen LogP) is 4.97. The second kappa shape index (κ2) is 10.4. The van der Waals surface area contributed by atoms with Crippen LogP contribution in [0.25, 0.3) is 0 Å². The van der Waals surface area contributed by atoms with Crippen LogP contribution < -0.4 is 14.8 Å².